The van der Waals surface area contributed by atoms with Gasteiger partial charge in [-0.05, 0) is 50.2 Å². The van der Waals surface area contributed by atoms with E-state index in [1.54, 1.807) is 14.2 Å². The van der Waals surface area contributed by atoms with Crippen molar-refractivity contribution in [2.75, 3.05) is 20.8 Å². The third-order valence-electron chi connectivity index (χ3n) is 2.65. The van der Waals surface area contributed by atoms with Gasteiger partial charge < -0.3 is 20.1 Å². The second-order valence-corrected chi connectivity index (χ2v) is 5.87. The van der Waals surface area contributed by atoms with Gasteiger partial charge in [0, 0.05) is 17.1 Å². The van der Waals surface area contributed by atoms with Crippen LogP contribution in [0.3, 0.4) is 0 Å². The Morgan fingerprint density at radius 1 is 1.25 bits per heavy atom. The van der Waals surface area contributed by atoms with Gasteiger partial charge in [-0.25, -0.2) is 0 Å². The fourth-order valence-electron chi connectivity index (χ4n) is 1.71. The maximum Gasteiger partial charge on any atom is 0.166 e. The summed E-state index contributed by atoms with van der Waals surface area (Å²) in [6.07, 6.45) is 0.834. The highest BCUT2D eigenvalue weighted by atomic mass is 79.9. The minimum Gasteiger partial charge on any atom is -0.493 e. The molecule has 0 aliphatic heterocycles. The summed E-state index contributed by atoms with van der Waals surface area (Å²) in [6.45, 7) is 4.87. The molecule has 0 heterocycles. The van der Waals surface area contributed by atoms with Gasteiger partial charge in [0.2, 0.25) is 0 Å². The van der Waals surface area contributed by atoms with E-state index < -0.39 is 0 Å². The zero-order chi connectivity index (χ0) is 15.1. The number of benzene rings is 1. The molecule has 0 saturated carbocycles. The molecule has 0 aliphatic carbocycles. The highest BCUT2D eigenvalue weighted by molar-refractivity contribution is 9.10. The molecule has 0 bridgehead atoms. The van der Waals surface area contributed by atoms with Gasteiger partial charge in [0.25, 0.3) is 0 Å². The summed E-state index contributed by atoms with van der Waals surface area (Å²) >= 11 is 8.74. The van der Waals surface area contributed by atoms with Gasteiger partial charge in [-0.15, -0.1) is 0 Å². The Morgan fingerprint density at radius 3 is 2.40 bits per heavy atom. The van der Waals surface area contributed by atoms with Crippen LogP contribution in [0.25, 0.3) is 0 Å². The van der Waals surface area contributed by atoms with E-state index in [0.29, 0.717) is 16.9 Å². The van der Waals surface area contributed by atoms with Crippen LogP contribution in [-0.4, -0.2) is 31.9 Å². The topological polar surface area (TPSA) is 42.5 Å². The molecule has 1 rings (SSSR count). The molecule has 2 N–H and O–H groups in total. The van der Waals surface area contributed by atoms with Gasteiger partial charge in [0.1, 0.15) is 0 Å². The number of hydrogen-bond donors (Lipinski definition) is 2. The molecule has 1 aromatic carbocycles. The normalized spacial score (nSPS) is 10.3. The molecule has 0 amide bonds. The summed E-state index contributed by atoms with van der Waals surface area (Å²) in [5, 5.41) is 7.01. The summed E-state index contributed by atoms with van der Waals surface area (Å²) in [4.78, 5) is 0. The Bertz CT molecular complexity index is 467. The third kappa shape index (κ3) is 5.17. The predicted molar refractivity (Wildman–Crippen MR) is 89.8 cm³/mol. The maximum atomic E-state index is 5.31. The van der Waals surface area contributed by atoms with Gasteiger partial charge >= 0.3 is 0 Å². The monoisotopic (exact) mass is 360 g/mol. The van der Waals surface area contributed by atoms with Crippen LogP contribution in [0.4, 0.5) is 0 Å². The van der Waals surface area contributed by atoms with E-state index in [4.69, 9.17) is 21.7 Å². The Kier molecular flexibility index (Phi) is 7.09. The quantitative estimate of drug-likeness (QED) is 0.763. The minimum absolute atomic E-state index is 0.336. The average Bonchev–Trinajstić information content (AvgIpc) is 2.39. The number of halogens is 1. The highest BCUT2D eigenvalue weighted by Gasteiger charge is 2.09. The molecule has 112 valence electrons. The number of hydrogen-bond acceptors (Lipinski definition) is 3. The Morgan fingerprint density at radius 2 is 1.85 bits per heavy atom. The Hall–Kier alpha value is -1.01. The predicted octanol–water partition coefficient (Wildman–Crippen LogP) is 2.88. The third-order valence-corrected chi connectivity index (χ3v) is 3.65. The van der Waals surface area contributed by atoms with E-state index in [1.165, 1.54) is 0 Å². The largest absolute Gasteiger partial charge is 0.493 e. The second-order valence-electron chi connectivity index (χ2n) is 4.60. The van der Waals surface area contributed by atoms with Crippen LogP contribution in [0, 0.1) is 0 Å². The standard InChI is InChI=1S/C14H21BrN2O2S/c1-9(2)17-14(20)16-6-5-10-7-12(18-3)13(19-4)8-11(10)15/h7-9H,5-6H2,1-4H3,(H2,16,17,20). The van der Waals surface area contributed by atoms with E-state index in [9.17, 15) is 0 Å². The fourth-order valence-corrected chi connectivity index (χ4v) is 2.57. The first-order valence-corrected chi connectivity index (χ1v) is 7.62. The first-order valence-electron chi connectivity index (χ1n) is 6.42. The minimum atomic E-state index is 0.336. The number of rotatable bonds is 6. The zero-order valence-electron chi connectivity index (χ0n) is 12.2. The van der Waals surface area contributed by atoms with Gasteiger partial charge in [0.05, 0.1) is 14.2 Å². The summed E-state index contributed by atoms with van der Waals surface area (Å²) in [5.41, 5.74) is 1.14. The van der Waals surface area contributed by atoms with Crippen molar-refractivity contribution in [2.45, 2.75) is 26.3 Å². The molecule has 0 saturated heterocycles. The van der Waals surface area contributed by atoms with Gasteiger partial charge in [-0.3, -0.25) is 0 Å². The lowest BCUT2D eigenvalue weighted by Crippen LogP contribution is -2.40. The molecule has 20 heavy (non-hydrogen) atoms. The first-order chi connectivity index (χ1) is 9.47. The van der Waals surface area contributed by atoms with Gasteiger partial charge in [-0.2, -0.15) is 0 Å². The van der Waals surface area contributed by atoms with Crippen molar-refractivity contribution in [2.24, 2.45) is 0 Å². The molecular weight excluding hydrogens is 340 g/mol. The van der Waals surface area contributed by atoms with Crippen LogP contribution >= 0.6 is 28.1 Å². The van der Waals surface area contributed by atoms with E-state index in [1.807, 2.05) is 12.1 Å². The molecule has 0 spiro atoms. The van der Waals surface area contributed by atoms with E-state index in [0.717, 1.165) is 28.8 Å². The van der Waals surface area contributed by atoms with Crippen molar-refractivity contribution in [3.05, 3.63) is 22.2 Å². The van der Waals surface area contributed by atoms with Crippen molar-refractivity contribution < 1.29 is 9.47 Å². The van der Waals surface area contributed by atoms with Crippen molar-refractivity contribution in [1.29, 1.82) is 0 Å². The summed E-state index contributed by atoms with van der Waals surface area (Å²) in [6, 6.07) is 4.23. The molecular formula is C14H21BrN2O2S. The van der Waals surface area contributed by atoms with Crippen LogP contribution in [0.15, 0.2) is 16.6 Å². The van der Waals surface area contributed by atoms with Crippen LogP contribution in [0.1, 0.15) is 19.4 Å². The van der Waals surface area contributed by atoms with Crippen molar-refractivity contribution >= 4 is 33.3 Å². The first kappa shape index (κ1) is 17.0. The molecule has 1 aromatic rings. The van der Waals surface area contributed by atoms with Gasteiger partial charge in [-0.1, -0.05) is 15.9 Å². The van der Waals surface area contributed by atoms with Crippen LogP contribution in [0.5, 0.6) is 11.5 Å². The summed E-state index contributed by atoms with van der Waals surface area (Å²) in [7, 11) is 3.26. The smallest absolute Gasteiger partial charge is 0.166 e. The van der Waals surface area contributed by atoms with Crippen molar-refractivity contribution in [3.8, 4) is 11.5 Å². The number of thiocarbonyl (C=S) groups is 1. The Labute approximate surface area is 134 Å². The fraction of sp³-hybridized carbons (Fsp3) is 0.500. The molecule has 0 aliphatic rings. The van der Waals surface area contributed by atoms with Crippen LogP contribution in [0.2, 0.25) is 0 Å². The van der Waals surface area contributed by atoms with E-state index >= 15 is 0 Å². The molecule has 6 heteroatoms. The maximum absolute atomic E-state index is 5.31. The second kappa shape index (κ2) is 8.32. The average molecular weight is 361 g/mol. The number of ether oxygens (including phenoxy) is 2. The summed E-state index contributed by atoms with van der Waals surface area (Å²) < 4.78 is 11.6. The zero-order valence-corrected chi connectivity index (χ0v) is 14.7. The lowest BCUT2D eigenvalue weighted by Gasteiger charge is -2.14. The lowest BCUT2D eigenvalue weighted by molar-refractivity contribution is 0.354. The van der Waals surface area contributed by atoms with E-state index in [-0.39, 0.29) is 0 Å². The molecule has 0 aromatic heterocycles. The van der Waals surface area contributed by atoms with Crippen LogP contribution < -0.4 is 20.1 Å². The lowest BCUT2D eigenvalue weighted by atomic mass is 10.1. The van der Waals surface area contributed by atoms with Crippen molar-refractivity contribution in [1.82, 2.24) is 10.6 Å². The number of methoxy groups -OCH3 is 2. The molecule has 4 nitrogen and oxygen atoms in total. The molecule has 0 fully saturated rings. The molecule has 0 radical (unpaired) electrons. The van der Waals surface area contributed by atoms with Crippen molar-refractivity contribution in [3.63, 3.8) is 0 Å². The highest BCUT2D eigenvalue weighted by Crippen LogP contribution is 2.33. The Balaban J connectivity index is 2.62. The summed E-state index contributed by atoms with van der Waals surface area (Å²) in [5.74, 6) is 1.45. The molecule has 0 unspecified atom stereocenters. The van der Waals surface area contributed by atoms with E-state index in [2.05, 4.69) is 40.4 Å². The number of nitrogens with one attached hydrogen (secondary N) is 2. The van der Waals surface area contributed by atoms with Crippen LogP contribution in [-0.2, 0) is 6.42 Å². The van der Waals surface area contributed by atoms with Gasteiger partial charge in [0.15, 0.2) is 16.6 Å². The molecule has 0 atom stereocenters. The SMILES string of the molecule is COc1cc(Br)c(CCNC(=S)NC(C)C)cc1OC.